The van der Waals surface area contributed by atoms with Crippen molar-refractivity contribution in [2.24, 2.45) is 0 Å². The highest BCUT2D eigenvalue weighted by Crippen LogP contribution is 2.14. The van der Waals surface area contributed by atoms with E-state index in [4.69, 9.17) is 0 Å². The second-order valence-corrected chi connectivity index (χ2v) is 5.68. The number of nitrogens with one attached hydrogen (secondary N) is 2. The van der Waals surface area contributed by atoms with Crippen LogP contribution in [0.25, 0.3) is 0 Å². The maximum Gasteiger partial charge on any atom is 0.240 e. The fourth-order valence-corrected chi connectivity index (χ4v) is 2.92. The van der Waals surface area contributed by atoms with Gasteiger partial charge >= 0.3 is 0 Å². The second kappa shape index (κ2) is 5.68. The lowest BCUT2D eigenvalue weighted by Crippen LogP contribution is -2.41. The van der Waals surface area contributed by atoms with E-state index in [0.717, 1.165) is 30.9 Å². The van der Waals surface area contributed by atoms with Gasteiger partial charge in [0.2, 0.25) is 5.91 Å². The first-order valence-electron chi connectivity index (χ1n) is 6.53. The van der Waals surface area contributed by atoms with Crippen LogP contribution in [-0.2, 0) is 17.8 Å². The van der Waals surface area contributed by atoms with E-state index in [1.807, 2.05) is 17.0 Å². The van der Waals surface area contributed by atoms with Gasteiger partial charge in [0.15, 0.2) is 5.13 Å². The van der Waals surface area contributed by atoms with Crippen LogP contribution in [0.15, 0.2) is 11.7 Å². The maximum absolute atomic E-state index is 11.8. The summed E-state index contributed by atoms with van der Waals surface area (Å²) in [5.74, 6) is 0.953. The Kier molecular flexibility index (Phi) is 3.75. The Labute approximate surface area is 120 Å². The van der Waals surface area contributed by atoms with Gasteiger partial charge in [0.25, 0.3) is 0 Å². The molecule has 1 aliphatic heterocycles. The molecule has 1 atom stereocenters. The van der Waals surface area contributed by atoms with E-state index in [9.17, 15) is 4.79 Å². The average molecular weight is 292 g/mol. The topological polar surface area (TPSA) is 84.7 Å². The van der Waals surface area contributed by atoms with Gasteiger partial charge < -0.3 is 10.6 Å². The van der Waals surface area contributed by atoms with Crippen molar-refractivity contribution in [3.05, 3.63) is 23.2 Å². The first-order chi connectivity index (χ1) is 9.70. The number of carbonyl (C=O) groups excluding carboxylic acids is 1. The minimum atomic E-state index is -0.0660. The van der Waals surface area contributed by atoms with Gasteiger partial charge in [0, 0.05) is 17.8 Å². The molecule has 0 aromatic carbocycles. The Morgan fingerprint density at radius 2 is 2.50 bits per heavy atom. The predicted molar refractivity (Wildman–Crippen MR) is 75.6 cm³/mol. The molecule has 3 rings (SSSR count). The molecule has 0 radical (unpaired) electrons. The van der Waals surface area contributed by atoms with Gasteiger partial charge in [-0.25, -0.2) is 14.6 Å². The number of amides is 1. The van der Waals surface area contributed by atoms with Crippen LogP contribution in [0.2, 0.25) is 0 Å². The largest absolute Gasteiger partial charge is 0.304 e. The number of carbonyl (C=O) groups is 1. The van der Waals surface area contributed by atoms with E-state index in [0.29, 0.717) is 5.13 Å². The van der Waals surface area contributed by atoms with Crippen LogP contribution in [0.3, 0.4) is 0 Å². The number of anilines is 1. The van der Waals surface area contributed by atoms with Gasteiger partial charge in [-0.05, 0) is 13.3 Å². The number of fused-ring (bicyclic) bond motifs is 1. The Morgan fingerprint density at radius 1 is 1.60 bits per heavy atom. The average Bonchev–Trinajstić information content (AvgIpc) is 3.04. The molecule has 3 heterocycles. The molecule has 7 nitrogen and oxygen atoms in total. The lowest BCUT2D eigenvalue weighted by atomic mass is 10.1. The van der Waals surface area contributed by atoms with Crippen LogP contribution < -0.4 is 10.6 Å². The molecule has 0 saturated heterocycles. The van der Waals surface area contributed by atoms with Crippen molar-refractivity contribution in [2.75, 3.05) is 11.9 Å². The number of thiazole rings is 1. The number of nitrogens with zero attached hydrogens (tertiary/aromatic N) is 4. The van der Waals surface area contributed by atoms with Crippen LogP contribution >= 0.6 is 11.3 Å². The van der Waals surface area contributed by atoms with Gasteiger partial charge in [0.1, 0.15) is 12.2 Å². The molecule has 1 aliphatic rings. The number of rotatable bonds is 4. The zero-order valence-electron chi connectivity index (χ0n) is 11.2. The summed E-state index contributed by atoms with van der Waals surface area (Å²) in [6.07, 6.45) is 3.45. The minimum Gasteiger partial charge on any atom is -0.304 e. The second-order valence-electron chi connectivity index (χ2n) is 4.82. The molecule has 106 valence electrons. The Bertz CT molecular complexity index is 607. The summed E-state index contributed by atoms with van der Waals surface area (Å²) in [4.78, 5) is 20.2. The third kappa shape index (κ3) is 3.02. The highest BCUT2D eigenvalue weighted by molar-refractivity contribution is 7.13. The fraction of sp³-hybridized carbons (Fsp3) is 0.500. The molecule has 8 heteroatoms. The summed E-state index contributed by atoms with van der Waals surface area (Å²) in [5, 5.41) is 12.8. The zero-order valence-corrected chi connectivity index (χ0v) is 12.0. The normalized spacial score (nSPS) is 17.8. The number of aryl methyl sites for hydroxylation is 2. The molecule has 0 fully saturated rings. The lowest BCUT2D eigenvalue weighted by Gasteiger charge is -2.23. The van der Waals surface area contributed by atoms with E-state index < -0.39 is 0 Å². The third-order valence-electron chi connectivity index (χ3n) is 3.22. The molecule has 20 heavy (non-hydrogen) atoms. The molecule has 1 amide bonds. The van der Waals surface area contributed by atoms with Gasteiger partial charge in [0.05, 0.1) is 18.8 Å². The fourth-order valence-electron chi connectivity index (χ4n) is 2.22. The summed E-state index contributed by atoms with van der Waals surface area (Å²) < 4.78 is 1.89. The van der Waals surface area contributed by atoms with E-state index >= 15 is 0 Å². The van der Waals surface area contributed by atoms with Crippen LogP contribution in [0.1, 0.15) is 17.9 Å². The molecule has 0 unspecified atom stereocenters. The van der Waals surface area contributed by atoms with Gasteiger partial charge in [-0.15, -0.1) is 11.3 Å². The van der Waals surface area contributed by atoms with Crippen molar-refractivity contribution in [1.82, 2.24) is 25.1 Å². The van der Waals surface area contributed by atoms with Crippen molar-refractivity contribution in [2.45, 2.75) is 32.4 Å². The Hall–Kier alpha value is -1.80. The van der Waals surface area contributed by atoms with Gasteiger partial charge in [-0.3, -0.25) is 4.79 Å². The standard InChI is InChI=1S/C12H16N6OS/c1-8-6-20-12(16-8)17-11(19)4-13-9-2-3-10-14-7-15-18(10)5-9/h6-7,9,13H,2-5H2,1H3,(H,16,17,19)/t9-/m1/s1. The molecular formula is C12H16N6OS. The smallest absolute Gasteiger partial charge is 0.240 e. The number of hydrogen-bond acceptors (Lipinski definition) is 6. The Balaban J connectivity index is 1.47. The molecule has 0 spiro atoms. The maximum atomic E-state index is 11.8. The van der Waals surface area contributed by atoms with E-state index in [2.05, 4.69) is 25.7 Å². The quantitative estimate of drug-likeness (QED) is 0.861. The van der Waals surface area contributed by atoms with Crippen LogP contribution in [0.4, 0.5) is 5.13 Å². The zero-order chi connectivity index (χ0) is 13.9. The molecule has 0 saturated carbocycles. The summed E-state index contributed by atoms with van der Waals surface area (Å²) in [6.45, 7) is 2.95. The summed E-state index contributed by atoms with van der Waals surface area (Å²) in [5.41, 5.74) is 0.921. The monoisotopic (exact) mass is 292 g/mol. The van der Waals surface area contributed by atoms with Crippen LogP contribution in [0.5, 0.6) is 0 Å². The SMILES string of the molecule is Cc1csc(NC(=O)CN[C@@H]2CCc3ncnn3C2)n1. The van der Waals surface area contributed by atoms with Gasteiger partial charge in [-0.1, -0.05) is 0 Å². The molecule has 0 aliphatic carbocycles. The first kappa shape index (κ1) is 13.2. The van der Waals surface area contributed by atoms with Crippen LogP contribution in [-0.4, -0.2) is 38.2 Å². The summed E-state index contributed by atoms with van der Waals surface area (Å²) in [6, 6.07) is 0.257. The highest BCUT2D eigenvalue weighted by atomic mass is 32.1. The van der Waals surface area contributed by atoms with E-state index in [1.54, 1.807) is 6.33 Å². The molecule has 2 aromatic rings. The van der Waals surface area contributed by atoms with Crippen molar-refractivity contribution in [1.29, 1.82) is 0 Å². The van der Waals surface area contributed by atoms with E-state index in [1.165, 1.54) is 11.3 Å². The summed E-state index contributed by atoms with van der Waals surface area (Å²) in [7, 11) is 0. The van der Waals surface area contributed by atoms with E-state index in [-0.39, 0.29) is 18.5 Å². The first-order valence-corrected chi connectivity index (χ1v) is 7.41. The molecule has 2 aromatic heterocycles. The molecule has 2 N–H and O–H groups in total. The lowest BCUT2D eigenvalue weighted by molar-refractivity contribution is -0.115. The highest BCUT2D eigenvalue weighted by Gasteiger charge is 2.20. The third-order valence-corrected chi connectivity index (χ3v) is 4.10. The van der Waals surface area contributed by atoms with Crippen molar-refractivity contribution in [3.8, 4) is 0 Å². The predicted octanol–water partition coefficient (Wildman–Crippen LogP) is 0.586. The Morgan fingerprint density at radius 3 is 3.30 bits per heavy atom. The molecule has 0 bridgehead atoms. The van der Waals surface area contributed by atoms with Crippen molar-refractivity contribution < 1.29 is 4.79 Å². The van der Waals surface area contributed by atoms with Gasteiger partial charge in [-0.2, -0.15) is 5.10 Å². The number of aromatic nitrogens is 4. The molecular weight excluding hydrogens is 276 g/mol. The van der Waals surface area contributed by atoms with Crippen molar-refractivity contribution in [3.63, 3.8) is 0 Å². The minimum absolute atomic E-state index is 0.0660. The summed E-state index contributed by atoms with van der Waals surface area (Å²) >= 11 is 1.44. The van der Waals surface area contributed by atoms with Crippen LogP contribution in [0, 0.1) is 6.92 Å². The van der Waals surface area contributed by atoms with Crippen molar-refractivity contribution >= 4 is 22.4 Å². The number of hydrogen-bond donors (Lipinski definition) is 2.